The molecule has 6 rings (SSSR count). The SMILES string of the molecule is O=c1[nH]ccc2nc(-c3ccc([N-]CC4CCCCC4)cc3F)cc(Nc3ccc(N4CCC(O)CC4)cn3)c12.[K+]. The van der Waals surface area contributed by atoms with Crippen LogP contribution in [-0.4, -0.2) is 45.8 Å². The van der Waals surface area contributed by atoms with Gasteiger partial charge < -0.3 is 25.6 Å². The third-order valence-electron chi connectivity index (χ3n) is 8.06. The average Bonchev–Trinajstić information content (AvgIpc) is 2.97. The molecule has 3 N–H and O–H groups in total. The largest absolute Gasteiger partial charge is 1.00 e. The Morgan fingerprint density at radius 2 is 1.85 bits per heavy atom. The van der Waals surface area contributed by atoms with Crippen molar-refractivity contribution in [1.82, 2.24) is 15.0 Å². The van der Waals surface area contributed by atoms with Gasteiger partial charge in [0.2, 0.25) is 0 Å². The van der Waals surface area contributed by atoms with Gasteiger partial charge in [0.05, 0.1) is 40.3 Å². The van der Waals surface area contributed by atoms with Crippen LogP contribution in [-0.2, 0) is 0 Å². The number of H-pyrrole nitrogens is 1. The molecular formula is C31H34FKN6O2. The summed E-state index contributed by atoms with van der Waals surface area (Å²) in [5.41, 5.74) is 3.03. The van der Waals surface area contributed by atoms with E-state index < -0.39 is 5.82 Å². The third-order valence-corrected chi connectivity index (χ3v) is 8.06. The fourth-order valence-corrected chi connectivity index (χ4v) is 5.75. The zero-order valence-corrected chi connectivity index (χ0v) is 26.6. The van der Waals surface area contributed by atoms with Crippen molar-refractivity contribution in [3.8, 4) is 11.3 Å². The Morgan fingerprint density at radius 1 is 1.05 bits per heavy atom. The molecule has 2 fully saturated rings. The number of aromatic nitrogens is 3. The van der Waals surface area contributed by atoms with Gasteiger partial charge in [-0.2, -0.15) is 0 Å². The molecule has 0 bridgehead atoms. The second kappa shape index (κ2) is 13.8. The molecule has 0 unspecified atom stereocenters. The minimum atomic E-state index is -0.401. The summed E-state index contributed by atoms with van der Waals surface area (Å²) >= 11 is 0. The van der Waals surface area contributed by atoms with Gasteiger partial charge in [-0.3, -0.25) is 4.79 Å². The summed E-state index contributed by atoms with van der Waals surface area (Å²) in [7, 11) is 0. The van der Waals surface area contributed by atoms with Crippen LogP contribution in [0.15, 0.2) is 59.7 Å². The maximum absolute atomic E-state index is 15.4. The summed E-state index contributed by atoms with van der Waals surface area (Å²) in [6.45, 7) is 2.29. The molecule has 1 aliphatic heterocycles. The molecule has 1 aromatic carbocycles. The standard InChI is InChI=1S/C31H35FN6O2.K/c32-25-16-21(34-18-20-4-2-1-3-5-20)6-8-24(25)27-17-28(30-26(36-27)10-13-33-31(30)40)37-29-9-7-22(19-35-29)38-14-11-23(39)12-15-38;/h6-10,13,16-17,19-20,23,39H,1-5,11-12,14-15,18H2,(H3,33,34,35,36,37,40);/q;+1/p-1. The van der Waals surface area contributed by atoms with Crippen molar-refractivity contribution in [2.45, 2.75) is 51.0 Å². The van der Waals surface area contributed by atoms with Gasteiger partial charge in [0.25, 0.3) is 5.56 Å². The number of fused-ring (bicyclic) bond motifs is 1. The minimum absolute atomic E-state index is 0. The third kappa shape index (κ3) is 7.18. The van der Waals surface area contributed by atoms with Crippen molar-refractivity contribution in [2.75, 3.05) is 29.9 Å². The van der Waals surface area contributed by atoms with Crippen LogP contribution in [0.3, 0.4) is 0 Å². The maximum Gasteiger partial charge on any atom is 1.00 e. The van der Waals surface area contributed by atoms with Crippen molar-refractivity contribution >= 4 is 33.8 Å². The topological polar surface area (TPSA) is 108 Å². The van der Waals surface area contributed by atoms with E-state index in [4.69, 9.17) is 0 Å². The van der Waals surface area contributed by atoms with Crippen LogP contribution in [0.4, 0.5) is 27.3 Å². The second-order valence-corrected chi connectivity index (χ2v) is 10.9. The van der Waals surface area contributed by atoms with Gasteiger partial charge in [-0.1, -0.05) is 50.2 Å². The molecular weight excluding hydrogens is 546 g/mol. The van der Waals surface area contributed by atoms with E-state index in [0.717, 1.165) is 38.2 Å². The molecule has 8 nitrogen and oxygen atoms in total. The average molecular weight is 581 g/mol. The molecule has 0 amide bonds. The number of benzene rings is 1. The number of aromatic amines is 1. The van der Waals surface area contributed by atoms with Gasteiger partial charge >= 0.3 is 51.4 Å². The number of nitrogens with zero attached hydrogens (tertiary/aromatic N) is 4. The molecule has 1 aliphatic carbocycles. The van der Waals surface area contributed by atoms with Gasteiger partial charge in [-0.05, 0) is 43.2 Å². The van der Waals surface area contributed by atoms with Crippen molar-refractivity contribution in [1.29, 1.82) is 0 Å². The number of hydrogen-bond acceptors (Lipinski definition) is 6. The molecule has 4 aromatic rings. The van der Waals surface area contributed by atoms with Gasteiger partial charge in [-0.25, -0.2) is 14.4 Å². The number of anilines is 3. The fraction of sp³-hybridized carbons (Fsp3) is 0.387. The predicted molar refractivity (Wildman–Crippen MR) is 157 cm³/mol. The van der Waals surface area contributed by atoms with E-state index in [2.05, 4.69) is 30.5 Å². The van der Waals surface area contributed by atoms with Gasteiger partial charge in [0.15, 0.2) is 0 Å². The monoisotopic (exact) mass is 580 g/mol. The Morgan fingerprint density at radius 3 is 2.59 bits per heavy atom. The summed E-state index contributed by atoms with van der Waals surface area (Å²) in [5, 5.41) is 18.1. The van der Waals surface area contributed by atoms with E-state index >= 15 is 4.39 Å². The molecule has 1 saturated heterocycles. The molecule has 10 heteroatoms. The molecule has 0 atom stereocenters. The Hall–Kier alpha value is -2.34. The Balaban J connectivity index is 0.00000337. The van der Waals surface area contributed by atoms with Crippen molar-refractivity contribution < 1.29 is 60.9 Å². The molecule has 4 heterocycles. The maximum atomic E-state index is 15.4. The van der Waals surface area contributed by atoms with Crippen LogP contribution >= 0.6 is 0 Å². The summed E-state index contributed by atoms with van der Waals surface area (Å²) in [4.78, 5) is 26.9. The first kappa shape index (κ1) is 30.1. The van der Waals surface area contributed by atoms with E-state index in [1.54, 1.807) is 24.4 Å². The van der Waals surface area contributed by atoms with Crippen molar-refractivity contribution in [2.24, 2.45) is 5.92 Å². The molecule has 208 valence electrons. The zero-order chi connectivity index (χ0) is 27.5. The molecule has 0 spiro atoms. The summed E-state index contributed by atoms with van der Waals surface area (Å²) in [6, 6.07) is 12.2. The molecule has 0 radical (unpaired) electrons. The van der Waals surface area contributed by atoms with Crippen molar-refractivity contribution in [3.63, 3.8) is 0 Å². The van der Waals surface area contributed by atoms with E-state index in [9.17, 15) is 9.90 Å². The van der Waals surface area contributed by atoms with Crippen LogP contribution in [0.25, 0.3) is 27.5 Å². The molecule has 2 aliphatic rings. The normalized spacial score (nSPS) is 16.4. The van der Waals surface area contributed by atoms with Crippen LogP contribution in [0.2, 0.25) is 0 Å². The number of piperidine rings is 1. The number of nitrogens with one attached hydrogen (secondary N) is 2. The Labute approximate surface area is 281 Å². The van der Waals surface area contributed by atoms with E-state index in [-0.39, 0.29) is 63.0 Å². The van der Waals surface area contributed by atoms with Gasteiger partial charge in [0, 0.05) is 24.8 Å². The number of halogens is 1. The number of aliphatic hydroxyl groups is 1. The quantitative estimate of drug-likeness (QED) is 0.289. The first-order valence-electron chi connectivity index (χ1n) is 14.2. The van der Waals surface area contributed by atoms with Crippen molar-refractivity contribution in [3.05, 3.63) is 76.3 Å². The van der Waals surface area contributed by atoms with Gasteiger partial charge in [0.1, 0.15) is 11.6 Å². The second-order valence-electron chi connectivity index (χ2n) is 10.9. The molecule has 1 saturated carbocycles. The number of aliphatic hydroxyl groups excluding tert-OH is 1. The van der Waals surface area contributed by atoms with Crippen LogP contribution in [0, 0.1) is 11.7 Å². The first-order chi connectivity index (χ1) is 19.5. The van der Waals surface area contributed by atoms with Crippen LogP contribution in [0.5, 0.6) is 0 Å². The minimum Gasteiger partial charge on any atom is -0.684 e. The Bertz CT molecular complexity index is 1530. The summed E-state index contributed by atoms with van der Waals surface area (Å²) < 4.78 is 15.4. The fourth-order valence-electron chi connectivity index (χ4n) is 5.75. The summed E-state index contributed by atoms with van der Waals surface area (Å²) in [5.74, 6) is 0.738. The van der Waals surface area contributed by atoms with E-state index in [1.807, 2.05) is 18.2 Å². The Kier molecular flexibility index (Phi) is 10.1. The van der Waals surface area contributed by atoms with Crippen LogP contribution < -0.4 is 67.2 Å². The summed E-state index contributed by atoms with van der Waals surface area (Å²) in [6.07, 6.45) is 10.7. The molecule has 3 aromatic heterocycles. The number of hydrogen-bond donors (Lipinski definition) is 3. The zero-order valence-electron chi connectivity index (χ0n) is 23.4. The van der Waals surface area contributed by atoms with Crippen LogP contribution in [0.1, 0.15) is 44.9 Å². The predicted octanol–water partition coefficient (Wildman–Crippen LogP) is 3.42. The molecule has 41 heavy (non-hydrogen) atoms. The van der Waals surface area contributed by atoms with E-state index in [1.165, 1.54) is 44.4 Å². The number of rotatable bonds is 7. The van der Waals surface area contributed by atoms with Gasteiger partial charge in [-0.15, -0.1) is 12.2 Å². The van der Waals surface area contributed by atoms with E-state index in [0.29, 0.717) is 45.3 Å². The number of pyridine rings is 3. The smallest absolute Gasteiger partial charge is 0.684 e. The first-order valence-corrected chi connectivity index (χ1v) is 14.2.